The van der Waals surface area contributed by atoms with E-state index in [4.69, 9.17) is 70.9 Å². The predicted molar refractivity (Wildman–Crippen MR) is 148 cm³/mol. The van der Waals surface area contributed by atoms with Crippen molar-refractivity contribution in [3.63, 3.8) is 0 Å². The molecule has 3 fully saturated rings. The van der Waals surface area contributed by atoms with E-state index in [-0.39, 0.29) is 48.8 Å². The van der Waals surface area contributed by atoms with Crippen LogP contribution in [-0.4, -0.2) is 176 Å². The van der Waals surface area contributed by atoms with E-state index in [2.05, 4.69) is 5.32 Å². The minimum Gasteiger partial charge on any atom is -0.384 e. The van der Waals surface area contributed by atoms with Gasteiger partial charge in [-0.2, -0.15) is 11.8 Å². The van der Waals surface area contributed by atoms with E-state index in [1.165, 1.54) is 0 Å². The number of ether oxygens (including phenoxy) is 10. The molecule has 218 valence electrons. The summed E-state index contributed by atoms with van der Waals surface area (Å²) in [5, 5.41) is 3.47. The fourth-order valence-electron chi connectivity index (χ4n) is 4.93. The molecule has 6 radical (unpaired) electrons. The van der Waals surface area contributed by atoms with Crippen LogP contribution in [0.25, 0.3) is 0 Å². The summed E-state index contributed by atoms with van der Waals surface area (Å²) in [5.74, 6) is 0.723. The predicted octanol–water partition coefficient (Wildman–Crippen LogP) is -1.53. The van der Waals surface area contributed by atoms with Gasteiger partial charge in [-0.15, -0.1) is 0 Å². The van der Waals surface area contributed by atoms with Gasteiger partial charge in [0.1, 0.15) is 35.7 Å². The summed E-state index contributed by atoms with van der Waals surface area (Å²) >= 11 is 1.67. The molecule has 0 aromatic rings. The SMILES string of the molecule is [B][C@@H]1OCC(OC)C1SCCOC[C@@]1([B])OCC(OC)C1NCCOC[C@@]1([B])OCC(OC)C1OCCOC. The van der Waals surface area contributed by atoms with Crippen LogP contribution < -0.4 is 5.32 Å². The van der Waals surface area contributed by atoms with Gasteiger partial charge in [-0.3, -0.25) is 0 Å². The highest BCUT2D eigenvalue weighted by molar-refractivity contribution is 8.00. The summed E-state index contributed by atoms with van der Waals surface area (Å²) in [7, 11) is 25.6. The Morgan fingerprint density at radius 2 is 1.49 bits per heavy atom. The molecule has 3 saturated heterocycles. The van der Waals surface area contributed by atoms with Crippen LogP contribution in [0.1, 0.15) is 0 Å². The Labute approximate surface area is 240 Å². The van der Waals surface area contributed by atoms with Gasteiger partial charge >= 0.3 is 0 Å². The van der Waals surface area contributed by atoms with Crippen LogP contribution in [-0.2, 0) is 47.4 Å². The highest BCUT2D eigenvalue weighted by Gasteiger charge is 2.48. The van der Waals surface area contributed by atoms with Crippen LogP contribution in [0.4, 0.5) is 0 Å². The molecule has 0 aliphatic carbocycles. The lowest BCUT2D eigenvalue weighted by atomic mass is 9.75. The topological polar surface area (TPSA) is 104 Å². The van der Waals surface area contributed by atoms with Crippen molar-refractivity contribution in [2.24, 2.45) is 0 Å². The van der Waals surface area contributed by atoms with Crippen molar-refractivity contribution in [2.75, 3.05) is 100 Å². The number of nitrogens with one attached hydrogen (secondary N) is 1. The summed E-state index contributed by atoms with van der Waals surface area (Å²) in [5.41, 5.74) is -2.18. The first-order chi connectivity index (χ1) is 18.8. The lowest BCUT2D eigenvalue weighted by molar-refractivity contribution is -0.0991. The number of hydrogen-bond donors (Lipinski definition) is 1. The van der Waals surface area contributed by atoms with Crippen molar-refractivity contribution in [3.05, 3.63) is 0 Å². The van der Waals surface area contributed by atoms with Crippen LogP contribution in [0.15, 0.2) is 0 Å². The molecule has 39 heavy (non-hydrogen) atoms. The molecule has 0 saturated carbocycles. The number of hydrogen-bond acceptors (Lipinski definition) is 12. The summed E-state index contributed by atoms with van der Waals surface area (Å²) in [6.07, 6.45) is -1.01. The Morgan fingerprint density at radius 1 is 0.821 bits per heavy atom. The molecule has 3 aliphatic heterocycles. The molecular formula is C24H42B3NO10S. The van der Waals surface area contributed by atoms with Crippen molar-refractivity contribution in [1.82, 2.24) is 5.32 Å². The van der Waals surface area contributed by atoms with Crippen LogP contribution in [0.5, 0.6) is 0 Å². The molecule has 0 amide bonds. The summed E-state index contributed by atoms with van der Waals surface area (Å²) in [6, 6.07) is -0.645. The molecule has 3 rings (SSSR count). The first kappa shape index (κ1) is 33.6. The van der Waals surface area contributed by atoms with Gasteiger partial charge in [0, 0.05) is 46.7 Å². The van der Waals surface area contributed by atoms with Crippen molar-refractivity contribution < 1.29 is 47.4 Å². The van der Waals surface area contributed by atoms with Crippen LogP contribution in [0.2, 0.25) is 0 Å². The van der Waals surface area contributed by atoms with Gasteiger partial charge in [-0.25, -0.2) is 0 Å². The van der Waals surface area contributed by atoms with E-state index in [0.29, 0.717) is 52.8 Å². The largest absolute Gasteiger partial charge is 0.384 e. The molecule has 15 heteroatoms. The van der Waals surface area contributed by atoms with Crippen molar-refractivity contribution in [3.8, 4) is 0 Å². The zero-order valence-corrected chi connectivity index (χ0v) is 24.4. The maximum atomic E-state index is 6.60. The third-order valence-corrected chi connectivity index (χ3v) is 8.55. The van der Waals surface area contributed by atoms with Gasteiger partial charge in [-0.1, -0.05) is 0 Å². The third kappa shape index (κ3) is 9.05. The van der Waals surface area contributed by atoms with E-state index < -0.39 is 17.1 Å². The van der Waals surface area contributed by atoms with E-state index in [1.807, 2.05) is 0 Å². The lowest BCUT2D eigenvalue weighted by Crippen LogP contribution is -2.56. The van der Waals surface area contributed by atoms with Crippen molar-refractivity contribution >= 4 is 35.3 Å². The monoisotopic (exact) mass is 569 g/mol. The van der Waals surface area contributed by atoms with E-state index in [9.17, 15) is 0 Å². The first-order valence-corrected chi connectivity index (χ1v) is 14.3. The van der Waals surface area contributed by atoms with Gasteiger partial charge in [0.15, 0.2) is 0 Å². The summed E-state index contributed by atoms with van der Waals surface area (Å²) in [4.78, 5) is 0. The van der Waals surface area contributed by atoms with Gasteiger partial charge in [-0.05, 0) is 0 Å². The molecular weight excluding hydrogens is 527 g/mol. The third-order valence-electron chi connectivity index (χ3n) is 7.19. The van der Waals surface area contributed by atoms with Crippen molar-refractivity contribution in [2.45, 2.75) is 52.7 Å². The standard InChI is InChI=1S/C24H42B3NO10S/c1-29-7-8-35-21-18(32-4)13-38-24(21,27)15-33-6-5-28-20-17(31-3)12-37-23(20,26)14-34-9-10-39-19-16(30-2)11-36-22(19)25/h16-22,28H,5-15H2,1-4H3/t16?,17?,18?,19?,20?,21?,22-,23-,24-/m1/s1. The Kier molecular flexibility index (Phi) is 14.4. The van der Waals surface area contributed by atoms with Gasteiger partial charge < -0.3 is 52.7 Å². The summed E-state index contributed by atoms with van der Waals surface area (Å²) < 4.78 is 56.4. The van der Waals surface area contributed by atoms with E-state index in [0.717, 1.165) is 5.75 Å². The highest BCUT2D eigenvalue weighted by atomic mass is 32.2. The van der Waals surface area contributed by atoms with Gasteiger partial charge in [0.25, 0.3) is 0 Å². The molecule has 6 unspecified atom stereocenters. The van der Waals surface area contributed by atoms with Crippen LogP contribution >= 0.6 is 11.8 Å². The molecule has 3 heterocycles. The highest BCUT2D eigenvalue weighted by Crippen LogP contribution is 2.30. The van der Waals surface area contributed by atoms with Gasteiger partial charge in [0.2, 0.25) is 0 Å². The Hall–Kier alpha value is 0.105. The van der Waals surface area contributed by atoms with E-state index in [1.54, 1.807) is 40.2 Å². The zero-order valence-electron chi connectivity index (χ0n) is 23.5. The molecule has 11 nitrogen and oxygen atoms in total. The summed E-state index contributed by atoms with van der Waals surface area (Å²) in [6.45, 7) is 3.65. The van der Waals surface area contributed by atoms with Crippen LogP contribution in [0, 0.1) is 0 Å². The number of methoxy groups -OCH3 is 4. The lowest BCUT2D eigenvalue weighted by Gasteiger charge is -2.34. The molecule has 0 bridgehead atoms. The molecule has 0 spiro atoms. The Balaban J connectivity index is 1.39. The molecule has 9 atom stereocenters. The second-order valence-corrected chi connectivity index (χ2v) is 11.1. The zero-order chi connectivity index (χ0) is 28.3. The second-order valence-electron chi connectivity index (χ2n) is 9.81. The molecule has 0 aromatic carbocycles. The minimum absolute atomic E-state index is 0.0212. The maximum Gasteiger partial charge on any atom is 0.120 e. The average Bonchev–Trinajstić information content (AvgIpc) is 3.56. The quantitative estimate of drug-likeness (QED) is 0.144. The minimum atomic E-state index is -1.12. The Morgan fingerprint density at radius 3 is 2.21 bits per heavy atom. The average molecular weight is 569 g/mol. The normalized spacial score (nSPS) is 38.6. The number of rotatable bonds is 19. The van der Waals surface area contributed by atoms with Crippen molar-refractivity contribution in [1.29, 1.82) is 0 Å². The second kappa shape index (κ2) is 16.7. The molecule has 0 aromatic heterocycles. The maximum absolute atomic E-state index is 6.60. The number of thioether (sulfide) groups is 1. The first-order valence-electron chi connectivity index (χ1n) is 13.2. The fourth-order valence-corrected chi connectivity index (χ4v) is 6.08. The van der Waals surface area contributed by atoms with Crippen LogP contribution in [0.3, 0.4) is 0 Å². The van der Waals surface area contributed by atoms with Gasteiger partial charge in [0.05, 0.1) is 94.0 Å². The Bertz CT molecular complexity index is 709. The molecule has 3 aliphatic rings. The smallest absolute Gasteiger partial charge is 0.120 e. The fraction of sp³-hybridized carbons (Fsp3) is 1.00. The molecule has 1 N–H and O–H groups in total. The van der Waals surface area contributed by atoms with E-state index >= 15 is 0 Å².